The molecule has 0 spiro atoms. The van der Waals surface area contributed by atoms with Crippen LogP contribution in [0.2, 0.25) is 5.15 Å². The van der Waals surface area contributed by atoms with Crippen molar-refractivity contribution >= 4 is 27.3 Å². The highest BCUT2D eigenvalue weighted by Gasteiger charge is 2.22. The standard InChI is InChI=1S/C14H15ClN2O2S/c1-10-5-4-6-12(7-10)17(3)20(18,19)13-8-11(2)14(15)16-9-13/h4-9H,1-3H3. The van der Waals surface area contributed by atoms with Gasteiger partial charge >= 0.3 is 0 Å². The fourth-order valence-electron chi connectivity index (χ4n) is 1.79. The molecule has 0 unspecified atom stereocenters. The van der Waals surface area contributed by atoms with Gasteiger partial charge in [-0.2, -0.15) is 0 Å². The molecule has 0 atom stereocenters. The summed E-state index contributed by atoms with van der Waals surface area (Å²) in [5.41, 5.74) is 2.23. The maximum atomic E-state index is 12.6. The highest BCUT2D eigenvalue weighted by molar-refractivity contribution is 7.92. The summed E-state index contributed by atoms with van der Waals surface area (Å²) < 4.78 is 26.3. The zero-order valence-electron chi connectivity index (χ0n) is 11.5. The monoisotopic (exact) mass is 310 g/mol. The summed E-state index contributed by atoms with van der Waals surface area (Å²) >= 11 is 5.83. The van der Waals surface area contributed by atoms with Crippen LogP contribution in [0.3, 0.4) is 0 Å². The molecule has 0 amide bonds. The summed E-state index contributed by atoms with van der Waals surface area (Å²) in [6, 6.07) is 8.82. The molecule has 0 N–H and O–H groups in total. The summed E-state index contributed by atoms with van der Waals surface area (Å²) in [5, 5.41) is 0.308. The van der Waals surface area contributed by atoms with Gasteiger partial charge in [0.25, 0.3) is 10.0 Å². The van der Waals surface area contributed by atoms with Crippen LogP contribution in [0.4, 0.5) is 5.69 Å². The van der Waals surface area contributed by atoms with E-state index in [-0.39, 0.29) is 4.90 Å². The second-order valence-corrected chi connectivity index (χ2v) is 6.92. The zero-order chi connectivity index (χ0) is 14.9. The van der Waals surface area contributed by atoms with Gasteiger partial charge in [0.2, 0.25) is 0 Å². The highest BCUT2D eigenvalue weighted by atomic mass is 35.5. The molecule has 1 aromatic carbocycles. The third-order valence-electron chi connectivity index (χ3n) is 3.01. The molecule has 2 rings (SSSR count). The van der Waals surface area contributed by atoms with E-state index < -0.39 is 10.0 Å². The Bertz CT molecular complexity index is 745. The predicted octanol–water partition coefficient (Wildman–Crippen LogP) is 3.18. The first-order chi connectivity index (χ1) is 9.32. The SMILES string of the molecule is Cc1cccc(N(C)S(=O)(=O)c2cnc(Cl)c(C)c2)c1. The molecule has 0 radical (unpaired) electrons. The number of benzene rings is 1. The highest BCUT2D eigenvalue weighted by Crippen LogP contribution is 2.24. The Hall–Kier alpha value is -1.59. The molecule has 2 aromatic rings. The van der Waals surface area contributed by atoms with Crippen LogP contribution in [0, 0.1) is 13.8 Å². The van der Waals surface area contributed by atoms with Crippen molar-refractivity contribution in [2.45, 2.75) is 18.7 Å². The lowest BCUT2D eigenvalue weighted by Crippen LogP contribution is -2.26. The van der Waals surface area contributed by atoms with Crippen molar-refractivity contribution in [2.75, 3.05) is 11.4 Å². The van der Waals surface area contributed by atoms with Gasteiger partial charge < -0.3 is 0 Å². The largest absolute Gasteiger partial charge is 0.269 e. The van der Waals surface area contributed by atoms with Crippen LogP contribution in [0.15, 0.2) is 41.4 Å². The predicted molar refractivity (Wildman–Crippen MR) is 80.8 cm³/mol. The van der Waals surface area contributed by atoms with Gasteiger partial charge in [-0.25, -0.2) is 13.4 Å². The number of halogens is 1. The minimum atomic E-state index is -3.64. The van der Waals surface area contributed by atoms with Crippen LogP contribution in [0.25, 0.3) is 0 Å². The first kappa shape index (κ1) is 14.8. The lowest BCUT2D eigenvalue weighted by atomic mass is 10.2. The Kier molecular flexibility index (Phi) is 4.01. The number of rotatable bonds is 3. The fraction of sp³-hybridized carbons (Fsp3) is 0.214. The van der Waals surface area contributed by atoms with Gasteiger partial charge in [-0.05, 0) is 43.2 Å². The molecule has 0 aliphatic heterocycles. The number of aromatic nitrogens is 1. The van der Waals surface area contributed by atoms with Crippen LogP contribution in [-0.2, 0) is 10.0 Å². The molecular formula is C14H15ClN2O2S. The van der Waals surface area contributed by atoms with Crippen LogP contribution in [0.5, 0.6) is 0 Å². The minimum Gasteiger partial charge on any atom is -0.269 e. The lowest BCUT2D eigenvalue weighted by Gasteiger charge is -2.20. The normalized spacial score (nSPS) is 11.4. The van der Waals surface area contributed by atoms with Gasteiger partial charge in [0, 0.05) is 13.2 Å². The maximum Gasteiger partial charge on any atom is 0.265 e. The van der Waals surface area contributed by atoms with Crippen LogP contribution in [-0.4, -0.2) is 20.4 Å². The first-order valence-electron chi connectivity index (χ1n) is 6.00. The molecule has 0 aliphatic rings. The van der Waals surface area contributed by atoms with Crippen molar-refractivity contribution < 1.29 is 8.42 Å². The number of hydrogen-bond acceptors (Lipinski definition) is 3. The van der Waals surface area contributed by atoms with E-state index in [1.807, 2.05) is 25.1 Å². The van der Waals surface area contributed by atoms with E-state index in [0.29, 0.717) is 16.4 Å². The van der Waals surface area contributed by atoms with Gasteiger partial charge in [0.1, 0.15) is 10.0 Å². The average Bonchev–Trinajstić information content (AvgIpc) is 2.40. The third kappa shape index (κ3) is 2.78. The molecule has 0 saturated carbocycles. The van der Waals surface area contributed by atoms with Crippen LogP contribution < -0.4 is 4.31 Å². The summed E-state index contributed by atoms with van der Waals surface area (Å²) in [7, 11) is -2.11. The van der Waals surface area contributed by atoms with Crippen molar-refractivity contribution in [3.63, 3.8) is 0 Å². The molecule has 0 aliphatic carbocycles. The van der Waals surface area contributed by atoms with Crippen LogP contribution >= 0.6 is 11.6 Å². The molecule has 20 heavy (non-hydrogen) atoms. The smallest absolute Gasteiger partial charge is 0.265 e. The van der Waals surface area contributed by atoms with Crippen LogP contribution in [0.1, 0.15) is 11.1 Å². The molecule has 1 heterocycles. The third-order valence-corrected chi connectivity index (χ3v) is 5.16. The van der Waals surface area contributed by atoms with Crippen molar-refractivity contribution in [1.29, 1.82) is 0 Å². The summed E-state index contributed by atoms with van der Waals surface area (Å²) in [4.78, 5) is 4.03. The summed E-state index contributed by atoms with van der Waals surface area (Å²) in [5.74, 6) is 0. The van der Waals surface area contributed by atoms with Gasteiger partial charge in [-0.1, -0.05) is 23.7 Å². The van der Waals surface area contributed by atoms with Crippen molar-refractivity contribution in [1.82, 2.24) is 4.98 Å². The molecule has 0 saturated heterocycles. The Morgan fingerprint density at radius 1 is 1.20 bits per heavy atom. The number of pyridine rings is 1. The van der Waals surface area contributed by atoms with Gasteiger partial charge in [-0.3, -0.25) is 4.31 Å². The van der Waals surface area contributed by atoms with Crippen molar-refractivity contribution in [3.05, 3.63) is 52.8 Å². The minimum absolute atomic E-state index is 0.128. The Labute approximate surface area is 124 Å². The Morgan fingerprint density at radius 2 is 1.90 bits per heavy atom. The van der Waals surface area contributed by atoms with E-state index >= 15 is 0 Å². The first-order valence-corrected chi connectivity index (χ1v) is 7.82. The molecule has 1 aromatic heterocycles. The van der Waals surface area contributed by atoms with E-state index in [2.05, 4.69) is 4.98 Å². The molecule has 0 bridgehead atoms. The number of anilines is 1. The molecule has 0 fully saturated rings. The van der Waals surface area contributed by atoms with E-state index in [0.717, 1.165) is 5.56 Å². The van der Waals surface area contributed by atoms with E-state index in [1.165, 1.54) is 23.6 Å². The number of hydrogen-bond donors (Lipinski definition) is 0. The van der Waals surface area contributed by atoms with E-state index in [4.69, 9.17) is 11.6 Å². The van der Waals surface area contributed by atoms with E-state index in [9.17, 15) is 8.42 Å². The number of aryl methyl sites for hydroxylation is 2. The van der Waals surface area contributed by atoms with Gasteiger partial charge in [0.15, 0.2) is 0 Å². The maximum absolute atomic E-state index is 12.6. The molecular weight excluding hydrogens is 296 g/mol. The summed E-state index contributed by atoms with van der Waals surface area (Å²) in [6.07, 6.45) is 1.27. The number of sulfonamides is 1. The van der Waals surface area contributed by atoms with Gasteiger partial charge in [0.05, 0.1) is 5.69 Å². The Balaban J connectivity index is 2.46. The quantitative estimate of drug-likeness (QED) is 0.818. The number of nitrogens with zero attached hydrogens (tertiary/aromatic N) is 2. The molecule has 4 nitrogen and oxygen atoms in total. The zero-order valence-corrected chi connectivity index (χ0v) is 13.0. The molecule has 106 valence electrons. The van der Waals surface area contributed by atoms with E-state index in [1.54, 1.807) is 13.0 Å². The van der Waals surface area contributed by atoms with Crippen molar-refractivity contribution in [3.8, 4) is 0 Å². The van der Waals surface area contributed by atoms with Crippen molar-refractivity contribution in [2.24, 2.45) is 0 Å². The lowest BCUT2D eigenvalue weighted by molar-refractivity contribution is 0.594. The molecule has 6 heteroatoms. The fourth-order valence-corrected chi connectivity index (χ4v) is 3.12. The second kappa shape index (κ2) is 5.42. The second-order valence-electron chi connectivity index (χ2n) is 4.59. The summed E-state index contributed by atoms with van der Waals surface area (Å²) in [6.45, 7) is 3.64. The Morgan fingerprint density at radius 3 is 2.50 bits per heavy atom. The topological polar surface area (TPSA) is 50.3 Å². The van der Waals surface area contributed by atoms with Gasteiger partial charge in [-0.15, -0.1) is 0 Å². The average molecular weight is 311 g/mol.